The van der Waals surface area contributed by atoms with Crippen LogP contribution in [0.5, 0.6) is 11.5 Å². The summed E-state index contributed by atoms with van der Waals surface area (Å²) in [6.07, 6.45) is 0. The maximum Gasteiger partial charge on any atom is 0.255 e. The van der Waals surface area contributed by atoms with Crippen molar-refractivity contribution in [1.82, 2.24) is 0 Å². The molecular weight excluding hydrogens is 154 g/mol. The molecule has 3 heteroatoms. The number of benzene rings is 1. The highest BCUT2D eigenvalue weighted by atomic mass is 16.6. The Kier molecular flexibility index (Phi) is 1.37. The van der Waals surface area contributed by atoms with Gasteiger partial charge in [0.05, 0.1) is 0 Å². The number of hydrogen-bond acceptors (Lipinski definition) is 3. The van der Waals surface area contributed by atoms with E-state index in [0.29, 0.717) is 11.5 Å². The molecule has 60 valence electrons. The molecule has 1 aromatic rings. The van der Waals surface area contributed by atoms with Crippen LogP contribution in [0.15, 0.2) is 36.6 Å². The normalized spacial score (nSPS) is 14.7. The van der Waals surface area contributed by atoms with Crippen molar-refractivity contribution >= 4 is 5.90 Å². The Balaban J connectivity index is 2.47. The molecule has 0 aromatic heterocycles. The monoisotopic (exact) mass is 161 g/mol. The van der Waals surface area contributed by atoms with Gasteiger partial charge in [-0.3, -0.25) is 5.41 Å². The first-order valence-corrected chi connectivity index (χ1v) is 3.50. The Labute approximate surface area is 69.7 Å². The topological polar surface area (TPSA) is 42.3 Å². The van der Waals surface area contributed by atoms with Crippen LogP contribution in [0, 0.1) is 5.41 Å². The predicted octanol–water partition coefficient (Wildman–Crippen LogP) is 1.95. The molecule has 1 aliphatic heterocycles. The Bertz CT molecular complexity index is 322. The van der Waals surface area contributed by atoms with Crippen molar-refractivity contribution in [3.8, 4) is 11.5 Å². The largest absolute Gasteiger partial charge is 0.448 e. The van der Waals surface area contributed by atoms with Gasteiger partial charge < -0.3 is 9.47 Å². The lowest BCUT2D eigenvalue weighted by Gasteiger charge is -2.18. The van der Waals surface area contributed by atoms with Gasteiger partial charge in [0.2, 0.25) is 0 Å². The van der Waals surface area contributed by atoms with E-state index in [1.165, 1.54) is 0 Å². The molecule has 0 amide bonds. The van der Waals surface area contributed by atoms with E-state index in [4.69, 9.17) is 14.9 Å². The molecule has 2 rings (SSSR count). The number of fused-ring (bicyclic) bond motifs is 1. The van der Waals surface area contributed by atoms with Crippen molar-refractivity contribution < 1.29 is 9.47 Å². The quantitative estimate of drug-likeness (QED) is 0.631. The molecule has 1 aromatic carbocycles. The van der Waals surface area contributed by atoms with Gasteiger partial charge in [-0.25, -0.2) is 0 Å². The van der Waals surface area contributed by atoms with Gasteiger partial charge >= 0.3 is 0 Å². The first-order valence-electron chi connectivity index (χ1n) is 3.50. The molecule has 0 fully saturated rings. The zero-order valence-corrected chi connectivity index (χ0v) is 6.33. The van der Waals surface area contributed by atoms with Gasteiger partial charge in [-0.1, -0.05) is 18.7 Å². The molecule has 0 atom stereocenters. The lowest BCUT2D eigenvalue weighted by atomic mass is 10.3. The molecule has 1 N–H and O–H groups in total. The van der Waals surface area contributed by atoms with E-state index >= 15 is 0 Å². The van der Waals surface area contributed by atoms with Gasteiger partial charge in [-0.05, 0) is 12.1 Å². The van der Waals surface area contributed by atoms with Crippen LogP contribution in [-0.2, 0) is 0 Å². The van der Waals surface area contributed by atoms with Crippen molar-refractivity contribution in [3.63, 3.8) is 0 Å². The standard InChI is InChI=1S/C9H7NO2/c1-6-9(10)12-8-5-3-2-4-7(8)11-6/h2-5,10H,1H2. The van der Waals surface area contributed by atoms with E-state index in [1.807, 2.05) is 12.1 Å². The highest BCUT2D eigenvalue weighted by Gasteiger charge is 2.18. The average molecular weight is 161 g/mol. The molecule has 3 nitrogen and oxygen atoms in total. The summed E-state index contributed by atoms with van der Waals surface area (Å²) in [6, 6.07) is 7.18. The summed E-state index contributed by atoms with van der Waals surface area (Å²) in [5.41, 5.74) is 0. The lowest BCUT2D eigenvalue weighted by Crippen LogP contribution is -2.19. The van der Waals surface area contributed by atoms with E-state index in [9.17, 15) is 0 Å². The Morgan fingerprint density at radius 2 is 1.67 bits per heavy atom. The number of rotatable bonds is 0. The highest BCUT2D eigenvalue weighted by molar-refractivity contribution is 5.92. The fraction of sp³-hybridized carbons (Fsp3) is 0. The molecule has 0 saturated heterocycles. The van der Waals surface area contributed by atoms with Gasteiger partial charge in [0, 0.05) is 0 Å². The summed E-state index contributed by atoms with van der Waals surface area (Å²) in [6.45, 7) is 3.52. The first-order chi connectivity index (χ1) is 5.77. The zero-order chi connectivity index (χ0) is 8.55. The van der Waals surface area contributed by atoms with Gasteiger partial charge in [-0.2, -0.15) is 0 Å². The van der Waals surface area contributed by atoms with Crippen molar-refractivity contribution in [3.05, 3.63) is 36.6 Å². The summed E-state index contributed by atoms with van der Waals surface area (Å²) in [4.78, 5) is 0. The van der Waals surface area contributed by atoms with Gasteiger partial charge in [0.15, 0.2) is 17.3 Å². The molecule has 0 spiro atoms. The van der Waals surface area contributed by atoms with Crippen molar-refractivity contribution in [2.75, 3.05) is 0 Å². The van der Waals surface area contributed by atoms with Crippen LogP contribution in [0.3, 0.4) is 0 Å². The summed E-state index contributed by atoms with van der Waals surface area (Å²) in [5.74, 6) is 1.39. The summed E-state index contributed by atoms with van der Waals surface area (Å²) < 4.78 is 10.3. The molecular formula is C9H7NO2. The molecule has 1 aliphatic rings. The summed E-state index contributed by atoms with van der Waals surface area (Å²) in [5, 5.41) is 7.28. The second kappa shape index (κ2) is 2.37. The fourth-order valence-corrected chi connectivity index (χ4v) is 0.965. The van der Waals surface area contributed by atoms with Crippen molar-refractivity contribution in [1.29, 1.82) is 5.41 Å². The SMILES string of the molecule is C=C1Oc2ccccc2OC1=N. The maximum atomic E-state index is 7.28. The Hall–Kier alpha value is -1.77. The van der Waals surface area contributed by atoms with Gasteiger partial charge in [0.25, 0.3) is 5.90 Å². The molecule has 0 bridgehead atoms. The minimum absolute atomic E-state index is 0.0336. The maximum absolute atomic E-state index is 7.28. The molecule has 0 unspecified atom stereocenters. The Morgan fingerprint density at radius 3 is 2.33 bits per heavy atom. The third kappa shape index (κ3) is 0.955. The highest BCUT2D eigenvalue weighted by Crippen LogP contribution is 2.31. The summed E-state index contributed by atoms with van der Waals surface area (Å²) >= 11 is 0. The Morgan fingerprint density at radius 1 is 1.08 bits per heavy atom. The molecule has 0 aliphatic carbocycles. The predicted molar refractivity (Wildman–Crippen MR) is 44.6 cm³/mol. The van der Waals surface area contributed by atoms with Crippen LogP contribution in [0.25, 0.3) is 0 Å². The van der Waals surface area contributed by atoms with Crippen LogP contribution < -0.4 is 9.47 Å². The van der Waals surface area contributed by atoms with Gasteiger partial charge in [0.1, 0.15) is 0 Å². The van der Waals surface area contributed by atoms with E-state index < -0.39 is 0 Å². The number of hydrogen-bond donors (Lipinski definition) is 1. The first kappa shape index (κ1) is 6.91. The van der Waals surface area contributed by atoms with Crippen LogP contribution in [0.1, 0.15) is 0 Å². The second-order valence-electron chi connectivity index (χ2n) is 2.40. The molecule has 12 heavy (non-hydrogen) atoms. The molecule has 0 saturated carbocycles. The lowest BCUT2D eigenvalue weighted by molar-refractivity contribution is 0.368. The van der Waals surface area contributed by atoms with Crippen LogP contribution in [0.2, 0.25) is 0 Å². The number of para-hydroxylation sites is 2. The molecule has 1 heterocycles. The minimum atomic E-state index is -0.0336. The van der Waals surface area contributed by atoms with E-state index in [1.54, 1.807) is 12.1 Å². The third-order valence-corrected chi connectivity index (χ3v) is 1.55. The average Bonchev–Trinajstić information content (AvgIpc) is 2.07. The van der Waals surface area contributed by atoms with E-state index in [0.717, 1.165) is 0 Å². The van der Waals surface area contributed by atoms with Crippen LogP contribution >= 0.6 is 0 Å². The van der Waals surface area contributed by atoms with Crippen LogP contribution in [0.4, 0.5) is 0 Å². The third-order valence-electron chi connectivity index (χ3n) is 1.55. The number of ether oxygens (including phenoxy) is 2. The van der Waals surface area contributed by atoms with Crippen molar-refractivity contribution in [2.24, 2.45) is 0 Å². The minimum Gasteiger partial charge on any atom is -0.448 e. The second-order valence-corrected chi connectivity index (χ2v) is 2.40. The van der Waals surface area contributed by atoms with E-state index in [2.05, 4.69) is 6.58 Å². The van der Waals surface area contributed by atoms with E-state index in [-0.39, 0.29) is 11.7 Å². The zero-order valence-electron chi connectivity index (χ0n) is 6.33. The van der Waals surface area contributed by atoms with Crippen LogP contribution in [-0.4, -0.2) is 5.90 Å². The van der Waals surface area contributed by atoms with Crippen molar-refractivity contribution in [2.45, 2.75) is 0 Å². The molecule has 0 radical (unpaired) electrons. The fourth-order valence-electron chi connectivity index (χ4n) is 0.965. The number of nitrogens with one attached hydrogen (secondary N) is 1. The summed E-state index contributed by atoms with van der Waals surface area (Å²) in [7, 11) is 0. The smallest absolute Gasteiger partial charge is 0.255 e. The van der Waals surface area contributed by atoms with Gasteiger partial charge in [-0.15, -0.1) is 0 Å².